The summed E-state index contributed by atoms with van der Waals surface area (Å²) >= 11 is 0. The van der Waals surface area contributed by atoms with Gasteiger partial charge < -0.3 is 14.6 Å². The number of nitrogens with one attached hydrogen (secondary N) is 1. The number of methoxy groups -OCH3 is 1. The van der Waals surface area contributed by atoms with E-state index in [1.165, 1.54) is 5.56 Å². The van der Waals surface area contributed by atoms with E-state index < -0.39 is 0 Å². The maximum atomic E-state index is 5.41. The van der Waals surface area contributed by atoms with E-state index in [1.807, 2.05) is 6.07 Å². The molecule has 0 bridgehead atoms. The molecular formula is C17H24N2O2. The van der Waals surface area contributed by atoms with Crippen molar-refractivity contribution in [3.8, 4) is 11.3 Å². The zero-order chi connectivity index (χ0) is 15.1. The first-order chi connectivity index (χ1) is 10.2. The van der Waals surface area contributed by atoms with Gasteiger partial charge in [-0.3, -0.25) is 0 Å². The summed E-state index contributed by atoms with van der Waals surface area (Å²) in [5.74, 6) is 1.45. The summed E-state index contributed by atoms with van der Waals surface area (Å²) < 4.78 is 10.5. The lowest BCUT2D eigenvalue weighted by Gasteiger charge is -2.04. The third kappa shape index (κ3) is 4.99. The van der Waals surface area contributed by atoms with Crippen LogP contribution in [0, 0.1) is 5.92 Å². The molecule has 1 heterocycles. The first-order valence-electron chi connectivity index (χ1n) is 7.43. The van der Waals surface area contributed by atoms with E-state index >= 15 is 0 Å². The van der Waals surface area contributed by atoms with Gasteiger partial charge in [-0.05, 0) is 24.4 Å². The molecule has 0 saturated heterocycles. The summed E-state index contributed by atoms with van der Waals surface area (Å²) in [5.41, 5.74) is 3.26. The lowest BCUT2D eigenvalue weighted by molar-refractivity contribution is 0.202. The maximum absolute atomic E-state index is 5.41. The number of hydrogen-bond acceptors (Lipinski definition) is 4. The third-order valence-corrected chi connectivity index (χ3v) is 3.25. The Morgan fingerprint density at radius 3 is 2.67 bits per heavy atom. The number of rotatable bonds is 8. The summed E-state index contributed by atoms with van der Waals surface area (Å²) in [7, 11) is 1.72. The van der Waals surface area contributed by atoms with Gasteiger partial charge in [0.2, 0.25) is 0 Å². The van der Waals surface area contributed by atoms with Crippen LogP contribution in [0.15, 0.2) is 34.9 Å². The average Bonchev–Trinajstić information content (AvgIpc) is 2.94. The van der Waals surface area contributed by atoms with Gasteiger partial charge in [0.15, 0.2) is 5.76 Å². The highest BCUT2D eigenvalue weighted by molar-refractivity contribution is 5.57. The topological polar surface area (TPSA) is 47.3 Å². The average molecular weight is 288 g/mol. The molecule has 0 aliphatic carbocycles. The van der Waals surface area contributed by atoms with E-state index in [-0.39, 0.29) is 0 Å². The lowest BCUT2D eigenvalue weighted by atomic mass is 10.1. The highest BCUT2D eigenvalue weighted by Crippen LogP contribution is 2.21. The van der Waals surface area contributed by atoms with Gasteiger partial charge in [-0.2, -0.15) is 0 Å². The zero-order valence-electron chi connectivity index (χ0n) is 13.1. The van der Waals surface area contributed by atoms with Gasteiger partial charge in [-0.15, -0.1) is 0 Å². The van der Waals surface area contributed by atoms with Crippen molar-refractivity contribution in [3.05, 3.63) is 41.6 Å². The van der Waals surface area contributed by atoms with Crippen LogP contribution in [0.4, 0.5) is 0 Å². The molecule has 0 aliphatic heterocycles. The fourth-order valence-electron chi connectivity index (χ4n) is 2.08. The summed E-state index contributed by atoms with van der Waals surface area (Å²) in [4.78, 5) is 0. The van der Waals surface area contributed by atoms with Crippen molar-refractivity contribution in [1.82, 2.24) is 10.5 Å². The van der Waals surface area contributed by atoms with Crippen LogP contribution < -0.4 is 5.32 Å². The molecule has 2 aromatic rings. The van der Waals surface area contributed by atoms with Crippen LogP contribution >= 0.6 is 0 Å². The van der Waals surface area contributed by atoms with E-state index in [2.05, 4.69) is 48.6 Å². The van der Waals surface area contributed by atoms with E-state index in [0.717, 1.165) is 43.1 Å². The minimum absolute atomic E-state index is 0.635. The highest BCUT2D eigenvalue weighted by Gasteiger charge is 2.07. The van der Waals surface area contributed by atoms with Gasteiger partial charge in [-0.1, -0.05) is 43.3 Å². The largest absolute Gasteiger partial charge is 0.384 e. The minimum atomic E-state index is 0.635. The molecule has 4 heteroatoms. The molecule has 0 aliphatic rings. The minimum Gasteiger partial charge on any atom is -0.384 e. The summed E-state index contributed by atoms with van der Waals surface area (Å²) in [6, 6.07) is 10.3. The van der Waals surface area contributed by atoms with Crippen molar-refractivity contribution in [2.24, 2.45) is 5.92 Å². The Kier molecular flexibility index (Phi) is 5.96. The monoisotopic (exact) mass is 288 g/mol. The van der Waals surface area contributed by atoms with E-state index in [1.54, 1.807) is 7.11 Å². The van der Waals surface area contributed by atoms with Gasteiger partial charge in [0.05, 0.1) is 12.3 Å². The van der Waals surface area contributed by atoms with Crippen molar-refractivity contribution >= 4 is 0 Å². The highest BCUT2D eigenvalue weighted by atomic mass is 16.5. The van der Waals surface area contributed by atoms with Crippen molar-refractivity contribution in [2.45, 2.75) is 26.8 Å². The van der Waals surface area contributed by atoms with Gasteiger partial charge in [0, 0.05) is 25.3 Å². The molecule has 1 aromatic carbocycles. The molecule has 0 spiro atoms. The van der Waals surface area contributed by atoms with Crippen LogP contribution in [0.1, 0.15) is 25.1 Å². The molecule has 0 saturated carbocycles. The third-order valence-electron chi connectivity index (χ3n) is 3.25. The predicted octanol–water partition coefficient (Wildman–Crippen LogP) is 3.28. The molecule has 1 N–H and O–H groups in total. The Morgan fingerprint density at radius 1 is 1.24 bits per heavy atom. The Balaban J connectivity index is 1.94. The molecule has 0 radical (unpaired) electrons. The quantitative estimate of drug-likeness (QED) is 0.810. The van der Waals surface area contributed by atoms with Crippen LogP contribution in [-0.4, -0.2) is 25.4 Å². The van der Waals surface area contributed by atoms with Gasteiger partial charge in [0.25, 0.3) is 0 Å². The molecular weight excluding hydrogens is 264 g/mol. The second kappa shape index (κ2) is 7.96. The Hall–Kier alpha value is -1.65. The normalized spacial score (nSPS) is 11.2. The summed E-state index contributed by atoms with van der Waals surface area (Å²) in [6.45, 7) is 6.84. The Labute approximate surface area is 126 Å². The predicted molar refractivity (Wildman–Crippen MR) is 84.1 cm³/mol. The Bertz CT molecular complexity index is 532. The smallest absolute Gasteiger partial charge is 0.167 e. The standard InChI is InChI=1S/C17H24N2O2/c1-13(2)11-18-12-16-10-17(21-19-16)15-6-4-14(5-7-15)8-9-20-3/h4-7,10,13,18H,8-9,11-12H2,1-3H3. The fourth-order valence-corrected chi connectivity index (χ4v) is 2.08. The first-order valence-corrected chi connectivity index (χ1v) is 7.43. The van der Waals surface area contributed by atoms with Gasteiger partial charge in [-0.25, -0.2) is 0 Å². The number of aromatic nitrogens is 1. The summed E-state index contributed by atoms with van der Waals surface area (Å²) in [6.07, 6.45) is 0.928. The van der Waals surface area contributed by atoms with Crippen LogP contribution in [0.2, 0.25) is 0 Å². The second-order valence-electron chi connectivity index (χ2n) is 5.65. The van der Waals surface area contributed by atoms with Gasteiger partial charge >= 0.3 is 0 Å². The molecule has 0 amide bonds. The summed E-state index contributed by atoms with van der Waals surface area (Å²) in [5, 5.41) is 7.47. The molecule has 0 fully saturated rings. The maximum Gasteiger partial charge on any atom is 0.167 e. The van der Waals surface area contributed by atoms with Crippen molar-refractivity contribution in [1.29, 1.82) is 0 Å². The number of ether oxygens (including phenoxy) is 1. The molecule has 1 aromatic heterocycles. The molecule has 0 unspecified atom stereocenters. The number of benzene rings is 1. The SMILES string of the molecule is COCCc1ccc(-c2cc(CNCC(C)C)no2)cc1. The van der Waals surface area contributed by atoms with Crippen molar-refractivity contribution in [2.75, 3.05) is 20.3 Å². The molecule has 0 atom stereocenters. The lowest BCUT2D eigenvalue weighted by Crippen LogP contribution is -2.18. The number of nitrogens with zero attached hydrogens (tertiary/aromatic N) is 1. The van der Waals surface area contributed by atoms with Crippen molar-refractivity contribution in [3.63, 3.8) is 0 Å². The molecule has 4 nitrogen and oxygen atoms in total. The molecule has 114 valence electrons. The van der Waals surface area contributed by atoms with Crippen LogP contribution in [0.5, 0.6) is 0 Å². The second-order valence-corrected chi connectivity index (χ2v) is 5.65. The fraction of sp³-hybridized carbons (Fsp3) is 0.471. The zero-order valence-corrected chi connectivity index (χ0v) is 13.1. The molecule has 21 heavy (non-hydrogen) atoms. The van der Waals surface area contributed by atoms with Crippen LogP contribution in [0.3, 0.4) is 0 Å². The van der Waals surface area contributed by atoms with Crippen LogP contribution in [-0.2, 0) is 17.7 Å². The van der Waals surface area contributed by atoms with Crippen LogP contribution in [0.25, 0.3) is 11.3 Å². The van der Waals surface area contributed by atoms with E-state index in [4.69, 9.17) is 9.26 Å². The first kappa shape index (κ1) is 15.7. The Morgan fingerprint density at radius 2 is 2.00 bits per heavy atom. The van der Waals surface area contributed by atoms with E-state index in [9.17, 15) is 0 Å². The van der Waals surface area contributed by atoms with Gasteiger partial charge in [0.1, 0.15) is 0 Å². The molecule has 2 rings (SSSR count). The number of hydrogen-bond donors (Lipinski definition) is 1. The van der Waals surface area contributed by atoms with Crippen molar-refractivity contribution < 1.29 is 9.26 Å². The van der Waals surface area contributed by atoms with E-state index in [0.29, 0.717) is 5.92 Å².